The van der Waals surface area contributed by atoms with Gasteiger partial charge in [-0.2, -0.15) is 17.5 Å². The van der Waals surface area contributed by atoms with Crippen LogP contribution in [0.3, 0.4) is 0 Å². The molecule has 2 aliphatic rings. The third-order valence-corrected chi connectivity index (χ3v) is 8.34. The fraction of sp³-hybridized carbons (Fsp3) is 0.667. The van der Waals surface area contributed by atoms with E-state index in [-0.39, 0.29) is 35.2 Å². The van der Waals surface area contributed by atoms with E-state index in [0.717, 1.165) is 37.1 Å². The van der Waals surface area contributed by atoms with Gasteiger partial charge in [0.1, 0.15) is 0 Å². The number of alkyl halides is 3. The summed E-state index contributed by atoms with van der Waals surface area (Å²) in [6.07, 6.45) is -2.35. The van der Waals surface area contributed by atoms with Crippen LogP contribution in [0.5, 0.6) is 0 Å². The minimum absolute atomic E-state index is 0.00979. The Balaban J connectivity index is 1.72. The van der Waals surface area contributed by atoms with Crippen LogP contribution in [-0.2, 0) is 21.0 Å². The quantitative estimate of drug-likeness (QED) is 0.706. The molecule has 0 spiro atoms. The maximum atomic E-state index is 13.0. The molecule has 1 heterocycles. The lowest BCUT2D eigenvalue weighted by molar-refractivity contribution is -0.137. The summed E-state index contributed by atoms with van der Waals surface area (Å²) in [4.78, 5) is 14.3. The van der Waals surface area contributed by atoms with Crippen LogP contribution in [-0.4, -0.2) is 55.8 Å². The third kappa shape index (κ3) is 4.90. The highest BCUT2D eigenvalue weighted by atomic mass is 32.2. The second-order valence-electron chi connectivity index (χ2n) is 9.10. The number of likely N-dealkylation sites (N-methyl/N-ethyl adjacent to an activating group) is 1. The van der Waals surface area contributed by atoms with Gasteiger partial charge in [0.2, 0.25) is 15.9 Å². The molecule has 10 heteroatoms. The van der Waals surface area contributed by atoms with E-state index in [1.807, 2.05) is 13.8 Å². The van der Waals surface area contributed by atoms with E-state index in [9.17, 15) is 26.4 Å². The molecule has 6 nitrogen and oxygen atoms in total. The first-order chi connectivity index (χ1) is 14.3. The SMILES string of the molecule is CC(C)C[C@H](N)C(=O)N(C)[C@H]1CC[C@H]2CN(S(=O)(=O)c3ccc(C(F)(F)F)cc3)C[C@H]21. The molecule has 0 aromatic heterocycles. The number of nitrogens with zero attached hydrogens (tertiary/aromatic N) is 2. The van der Waals surface area contributed by atoms with Crippen LogP contribution in [0.25, 0.3) is 0 Å². The molecule has 1 saturated heterocycles. The zero-order valence-corrected chi connectivity index (χ0v) is 18.8. The van der Waals surface area contributed by atoms with Crippen LogP contribution in [0.2, 0.25) is 0 Å². The summed E-state index contributed by atoms with van der Waals surface area (Å²) in [5.41, 5.74) is 5.18. The van der Waals surface area contributed by atoms with Gasteiger partial charge in [0, 0.05) is 26.2 Å². The lowest BCUT2D eigenvalue weighted by atomic mass is 9.96. The van der Waals surface area contributed by atoms with E-state index in [1.54, 1.807) is 11.9 Å². The van der Waals surface area contributed by atoms with Gasteiger partial charge in [-0.1, -0.05) is 13.8 Å². The summed E-state index contributed by atoms with van der Waals surface area (Å²) in [5, 5.41) is 0. The number of nitrogens with two attached hydrogens (primary N) is 1. The minimum atomic E-state index is -4.52. The van der Waals surface area contributed by atoms with Crippen molar-refractivity contribution >= 4 is 15.9 Å². The average molecular weight is 462 g/mol. The molecule has 3 rings (SSSR count). The number of hydrogen-bond acceptors (Lipinski definition) is 4. The molecule has 31 heavy (non-hydrogen) atoms. The van der Waals surface area contributed by atoms with Crippen molar-refractivity contribution in [3.63, 3.8) is 0 Å². The number of sulfonamides is 1. The summed E-state index contributed by atoms with van der Waals surface area (Å²) >= 11 is 0. The molecule has 0 radical (unpaired) electrons. The fourth-order valence-corrected chi connectivity index (χ4v) is 6.41. The maximum Gasteiger partial charge on any atom is 0.416 e. The monoisotopic (exact) mass is 461 g/mol. The Morgan fingerprint density at radius 1 is 1.19 bits per heavy atom. The van der Waals surface area contributed by atoms with E-state index in [0.29, 0.717) is 18.9 Å². The molecule has 174 valence electrons. The van der Waals surface area contributed by atoms with Crippen LogP contribution in [0.4, 0.5) is 13.2 Å². The van der Waals surface area contributed by atoms with Crippen molar-refractivity contribution in [1.29, 1.82) is 0 Å². The molecule has 2 fully saturated rings. The Hall–Kier alpha value is -1.65. The van der Waals surface area contributed by atoms with Gasteiger partial charge in [0.15, 0.2) is 0 Å². The summed E-state index contributed by atoms with van der Waals surface area (Å²) < 4.78 is 65.7. The maximum absolute atomic E-state index is 13.0. The second kappa shape index (κ2) is 8.71. The van der Waals surface area contributed by atoms with Crippen LogP contribution in [0.15, 0.2) is 29.2 Å². The Kier molecular flexibility index (Phi) is 6.74. The number of hydrogen-bond donors (Lipinski definition) is 1. The van der Waals surface area contributed by atoms with Crippen molar-refractivity contribution in [2.24, 2.45) is 23.5 Å². The van der Waals surface area contributed by atoms with E-state index in [4.69, 9.17) is 5.73 Å². The third-order valence-electron chi connectivity index (χ3n) is 6.49. The van der Waals surface area contributed by atoms with Crippen molar-refractivity contribution < 1.29 is 26.4 Å². The van der Waals surface area contributed by atoms with E-state index < -0.39 is 27.8 Å². The van der Waals surface area contributed by atoms with Gasteiger partial charge in [0.25, 0.3) is 0 Å². The van der Waals surface area contributed by atoms with E-state index >= 15 is 0 Å². The second-order valence-corrected chi connectivity index (χ2v) is 11.0. The molecule has 0 unspecified atom stereocenters. The average Bonchev–Trinajstić information content (AvgIpc) is 3.27. The van der Waals surface area contributed by atoms with Gasteiger partial charge in [-0.15, -0.1) is 0 Å². The van der Waals surface area contributed by atoms with Gasteiger partial charge in [-0.25, -0.2) is 8.42 Å². The Bertz CT molecular complexity index is 903. The number of rotatable bonds is 6. The van der Waals surface area contributed by atoms with Crippen molar-refractivity contribution in [2.45, 2.75) is 56.3 Å². The molecule has 4 atom stereocenters. The van der Waals surface area contributed by atoms with Crippen LogP contribution >= 0.6 is 0 Å². The van der Waals surface area contributed by atoms with Crippen LogP contribution in [0.1, 0.15) is 38.7 Å². The highest BCUT2D eigenvalue weighted by Crippen LogP contribution is 2.42. The molecule has 1 amide bonds. The first-order valence-electron chi connectivity index (χ1n) is 10.5. The van der Waals surface area contributed by atoms with Gasteiger partial charge in [-0.05, 0) is 61.3 Å². The summed E-state index contributed by atoms with van der Waals surface area (Å²) in [5.74, 6) is 0.262. The normalized spacial score (nSPS) is 25.6. The molecule has 0 bridgehead atoms. The van der Waals surface area contributed by atoms with Gasteiger partial charge in [0.05, 0.1) is 16.5 Å². The number of benzene rings is 1. The first-order valence-corrected chi connectivity index (χ1v) is 12.0. The first kappa shape index (κ1) is 24.0. The van der Waals surface area contributed by atoms with Crippen molar-refractivity contribution in [2.75, 3.05) is 20.1 Å². The van der Waals surface area contributed by atoms with Crippen LogP contribution < -0.4 is 5.73 Å². The zero-order chi connectivity index (χ0) is 23.1. The van der Waals surface area contributed by atoms with Crippen molar-refractivity contribution in [3.05, 3.63) is 29.8 Å². The molecular formula is C21H30F3N3O3S. The topological polar surface area (TPSA) is 83.7 Å². The number of amides is 1. The number of halogens is 3. The molecular weight excluding hydrogens is 431 g/mol. The summed E-state index contributed by atoms with van der Waals surface area (Å²) in [6.45, 7) is 4.56. The predicted molar refractivity (Wildman–Crippen MR) is 110 cm³/mol. The fourth-order valence-electron chi connectivity index (χ4n) is 4.87. The zero-order valence-electron chi connectivity index (χ0n) is 18.0. The standard InChI is InChI=1S/C21H30F3N3O3S/c1-13(2)10-18(25)20(28)26(3)19-9-4-14-11-27(12-17(14)19)31(29,30)16-7-5-15(6-8-16)21(22,23)24/h5-8,13-14,17-19H,4,9-12,25H2,1-3H3/t14-,17+,18-,19-/m0/s1. The Labute approximate surface area is 181 Å². The number of carbonyl (C=O) groups is 1. The highest BCUT2D eigenvalue weighted by molar-refractivity contribution is 7.89. The smallest absolute Gasteiger partial charge is 0.341 e. The molecule has 1 aliphatic carbocycles. The van der Waals surface area contributed by atoms with E-state index in [1.165, 1.54) is 4.31 Å². The minimum Gasteiger partial charge on any atom is -0.341 e. The lowest BCUT2D eigenvalue weighted by Gasteiger charge is -2.32. The molecule has 1 saturated carbocycles. The van der Waals surface area contributed by atoms with Crippen molar-refractivity contribution in [3.8, 4) is 0 Å². The molecule has 2 N–H and O–H groups in total. The Morgan fingerprint density at radius 2 is 1.81 bits per heavy atom. The summed E-state index contributed by atoms with van der Waals surface area (Å²) in [6, 6.07) is 2.90. The largest absolute Gasteiger partial charge is 0.416 e. The van der Waals surface area contributed by atoms with Crippen molar-refractivity contribution in [1.82, 2.24) is 9.21 Å². The predicted octanol–water partition coefficient (Wildman–Crippen LogP) is 2.94. The lowest BCUT2D eigenvalue weighted by Crippen LogP contribution is -2.49. The van der Waals surface area contributed by atoms with E-state index in [2.05, 4.69) is 0 Å². The Morgan fingerprint density at radius 3 is 2.35 bits per heavy atom. The highest BCUT2D eigenvalue weighted by Gasteiger charge is 2.48. The van der Waals surface area contributed by atoms with Gasteiger partial charge < -0.3 is 10.6 Å². The molecule has 1 aliphatic heterocycles. The summed E-state index contributed by atoms with van der Waals surface area (Å²) in [7, 11) is -2.18. The number of carbonyl (C=O) groups excluding carboxylic acids is 1. The number of fused-ring (bicyclic) bond motifs is 1. The molecule has 1 aromatic rings. The van der Waals surface area contributed by atoms with Gasteiger partial charge >= 0.3 is 6.18 Å². The van der Waals surface area contributed by atoms with Gasteiger partial charge in [-0.3, -0.25) is 4.79 Å². The van der Waals surface area contributed by atoms with Crippen LogP contribution in [0, 0.1) is 17.8 Å². The molecule has 1 aromatic carbocycles.